The fraction of sp³-hybridized carbons (Fsp3) is 0.462. The van der Waals surface area contributed by atoms with Crippen molar-refractivity contribution in [3.8, 4) is 0 Å². The van der Waals surface area contributed by atoms with Crippen LogP contribution in [0.15, 0.2) is 12.1 Å². The van der Waals surface area contributed by atoms with E-state index in [1.807, 2.05) is 13.0 Å². The third-order valence-corrected chi connectivity index (χ3v) is 2.79. The molecular formula is C13H20N2O3. The van der Waals surface area contributed by atoms with Gasteiger partial charge in [0.25, 0.3) is 0 Å². The maximum atomic E-state index is 11.1. The van der Waals surface area contributed by atoms with Crippen molar-refractivity contribution in [1.82, 2.24) is 0 Å². The van der Waals surface area contributed by atoms with Crippen LogP contribution in [0.4, 0.5) is 11.4 Å². The van der Waals surface area contributed by atoms with E-state index in [4.69, 9.17) is 15.6 Å². The van der Waals surface area contributed by atoms with E-state index in [1.54, 1.807) is 20.1 Å². The van der Waals surface area contributed by atoms with E-state index in [-0.39, 0.29) is 11.6 Å². The quantitative estimate of drug-likeness (QED) is 0.675. The van der Waals surface area contributed by atoms with Gasteiger partial charge in [-0.25, -0.2) is 4.79 Å². The molecule has 0 aliphatic heterocycles. The van der Waals surface area contributed by atoms with Crippen LogP contribution in [-0.4, -0.2) is 30.8 Å². The fourth-order valence-electron chi connectivity index (χ4n) is 1.71. The highest BCUT2D eigenvalue weighted by Crippen LogP contribution is 2.23. The van der Waals surface area contributed by atoms with Crippen LogP contribution in [0, 0.1) is 6.92 Å². The Labute approximate surface area is 107 Å². The molecule has 0 aromatic heterocycles. The second-order valence-electron chi connectivity index (χ2n) is 4.39. The Hall–Kier alpha value is -1.75. The molecule has 1 unspecified atom stereocenters. The molecule has 1 aromatic rings. The van der Waals surface area contributed by atoms with Crippen LogP contribution in [-0.2, 0) is 4.74 Å². The first kappa shape index (κ1) is 14.3. The Balaban J connectivity index is 2.87. The van der Waals surface area contributed by atoms with Crippen LogP contribution in [0.1, 0.15) is 29.3 Å². The Kier molecular flexibility index (Phi) is 4.97. The van der Waals surface area contributed by atoms with Crippen molar-refractivity contribution in [3.05, 3.63) is 23.3 Å². The summed E-state index contributed by atoms with van der Waals surface area (Å²) in [7, 11) is 1.66. The lowest BCUT2D eigenvalue weighted by Gasteiger charge is -2.16. The van der Waals surface area contributed by atoms with Crippen molar-refractivity contribution in [2.75, 3.05) is 24.8 Å². The summed E-state index contributed by atoms with van der Waals surface area (Å²) >= 11 is 0. The van der Waals surface area contributed by atoms with Crippen LogP contribution in [0.25, 0.3) is 0 Å². The van der Waals surface area contributed by atoms with E-state index in [9.17, 15) is 4.79 Å². The Morgan fingerprint density at radius 3 is 2.78 bits per heavy atom. The average Bonchev–Trinajstić information content (AvgIpc) is 2.30. The van der Waals surface area contributed by atoms with Crippen molar-refractivity contribution < 1.29 is 14.6 Å². The molecule has 0 saturated heterocycles. The molecule has 0 spiro atoms. The highest BCUT2D eigenvalue weighted by molar-refractivity contribution is 5.95. The number of benzene rings is 1. The zero-order chi connectivity index (χ0) is 13.7. The van der Waals surface area contributed by atoms with Gasteiger partial charge in [0.05, 0.1) is 5.56 Å². The van der Waals surface area contributed by atoms with Crippen LogP contribution in [0.2, 0.25) is 0 Å². The summed E-state index contributed by atoms with van der Waals surface area (Å²) in [6, 6.07) is 3.62. The minimum Gasteiger partial charge on any atom is -0.478 e. The van der Waals surface area contributed by atoms with Crippen molar-refractivity contribution in [3.63, 3.8) is 0 Å². The number of aromatic carboxylic acids is 1. The number of rotatable bonds is 6. The monoisotopic (exact) mass is 252 g/mol. The number of carboxylic acids is 1. The van der Waals surface area contributed by atoms with Crippen molar-refractivity contribution in [1.29, 1.82) is 0 Å². The van der Waals surface area contributed by atoms with Gasteiger partial charge < -0.3 is 20.9 Å². The SMILES string of the molecule is COCCC(C)Nc1cc(C)c(N)c(C(=O)O)c1. The molecule has 1 rings (SSSR count). The zero-order valence-corrected chi connectivity index (χ0v) is 11.0. The van der Waals surface area contributed by atoms with Gasteiger partial charge in [0.2, 0.25) is 0 Å². The highest BCUT2D eigenvalue weighted by atomic mass is 16.5. The van der Waals surface area contributed by atoms with Gasteiger partial charge in [-0.1, -0.05) is 0 Å². The maximum Gasteiger partial charge on any atom is 0.337 e. The normalized spacial score (nSPS) is 12.2. The number of carboxylic acid groups (broad SMARTS) is 1. The number of ether oxygens (including phenoxy) is 1. The first-order chi connectivity index (χ1) is 8.45. The van der Waals surface area contributed by atoms with E-state index < -0.39 is 5.97 Å². The first-order valence-corrected chi connectivity index (χ1v) is 5.84. The Morgan fingerprint density at radius 2 is 2.22 bits per heavy atom. The lowest BCUT2D eigenvalue weighted by atomic mass is 10.1. The van der Waals surface area contributed by atoms with E-state index in [0.29, 0.717) is 12.3 Å². The van der Waals surface area contributed by atoms with Crippen molar-refractivity contribution >= 4 is 17.3 Å². The Bertz CT molecular complexity index is 432. The van der Waals surface area contributed by atoms with Gasteiger partial charge in [0.1, 0.15) is 0 Å². The molecule has 100 valence electrons. The van der Waals surface area contributed by atoms with Gasteiger partial charge in [-0.3, -0.25) is 0 Å². The van der Waals surface area contributed by atoms with Crippen LogP contribution in [0.3, 0.4) is 0 Å². The van der Waals surface area contributed by atoms with E-state index in [2.05, 4.69) is 5.32 Å². The molecule has 0 aliphatic carbocycles. The number of hydrogen-bond acceptors (Lipinski definition) is 4. The third-order valence-electron chi connectivity index (χ3n) is 2.79. The van der Waals surface area contributed by atoms with E-state index in [0.717, 1.165) is 17.7 Å². The predicted octanol–water partition coefficient (Wildman–Crippen LogP) is 2.11. The van der Waals surface area contributed by atoms with Crippen LogP contribution < -0.4 is 11.1 Å². The molecule has 0 saturated carbocycles. The molecule has 1 atom stereocenters. The standard InChI is InChI=1S/C13H20N2O3/c1-8-6-10(15-9(2)4-5-18-3)7-11(12(8)14)13(16)17/h6-7,9,15H,4-5,14H2,1-3H3,(H,16,17). The molecule has 18 heavy (non-hydrogen) atoms. The average molecular weight is 252 g/mol. The van der Waals surface area contributed by atoms with Gasteiger partial charge in [0.15, 0.2) is 0 Å². The predicted molar refractivity (Wildman–Crippen MR) is 72.1 cm³/mol. The minimum atomic E-state index is -1.01. The minimum absolute atomic E-state index is 0.136. The smallest absolute Gasteiger partial charge is 0.337 e. The lowest BCUT2D eigenvalue weighted by molar-refractivity contribution is 0.0698. The number of nitrogens with one attached hydrogen (secondary N) is 1. The van der Waals surface area contributed by atoms with Gasteiger partial charge >= 0.3 is 5.97 Å². The largest absolute Gasteiger partial charge is 0.478 e. The summed E-state index contributed by atoms with van der Waals surface area (Å²) in [4.78, 5) is 11.1. The van der Waals surface area contributed by atoms with Crippen LogP contribution >= 0.6 is 0 Å². The number of methoxy groups -OCH3 is 1. The molecule has 0 fully saturated rings. The second-order valence-corrected chi connectivity index (χ2v) is 4.39. The molecule has 0 heterocycles. The lowest BCUT2D eigenvalue weighted by Crippen LogP contribution is -2.18. The molecule has 5 heteroatoms. The number of hydrogen-bond donors (Lipinski definition) is 3. The summed E-state index contributed by atoms with van der Waals surface area (Å²) in [5.74, 6) is -1.01. The molecule has 0 amide bonds. The molecule has 0 bridgehead atoms. The summed E-state index contributed by atoms with van der Waals surface area (Å²) < 4.78 is 5.00. The molecule has 0 radical (unpaired) electrons. The molecule has 0 aliphatic rings. The van der Waals surface area contributed by atoms with Gasteiger partial charge in [-0.2, -0.15) is 0 Å². The number of nitrogens with two attached hydrogens (primary N) is 1. The summed E-state index contributed by atoms with van der Waals surface area (Å²) in [5.41, 5.74) is 7.71. The molecule has 5 nitrogen and oxygen atoms in total. The fourth-order valence-corrected chi connectivity index (χ4v) is 1.71. The zero-order valence-electron chi connectivity index (χ0n) is 11.0. The first-order valence-electron chi connectivity index (χ1n) is 5.84. The second kappa shape index (κ2) is 6.26. The maximum absolute atomic E-state index is 11.1. The summed E-state index contributed by atoms with van der Waals surface area (Å²) in [6.45, 7) is 4.48. The van der Waals surface area contributed by atoms with Gasteiger partial charge in [-0.05, 0) is 38.0 Å². The van der Waals surface area contributed by atoms with Crippen molar-refractivity contribution in [2.45, 2.75) is 26.3 Å². The molecule has 1 aromatic carbocycles. The van der Waals surface area contributed by atoms with Crippen molar-refractivity contribution in [2.24, 2.45) is 0 Å². The summed E-state index contributed by atoms with van der Waals surface area (Å²) in [5, 5.41) is 12.3. The highest BCUT2D eigenvalue weighted by Gasteiger charge is 2.12. The number of nitrogen functional groups attached to an aromatic ring is 1. The van der Waals surface area contributed by atoms with E-state index >= 15 is 0 Å². The third kappa shape index (κ3) is 3.63. The topological polar surface area (TPSA) is 84.6 Å². The Morgan fingerprint density at radius 1 is 1.56 bits per heavy atom. The van der Waals surface area contributed by atoms with Gasteiger partial charge in [0, 0.05) is 31.1 Å². The van der Waals surface area contributed by atoms with Gasteiger partial charge in [-0.15, -0.1) is 0 Å². The molecular weight excluding hydrogens is 232 g/mol. The number of anilines is 2. The molecule has 4 N–H and O–H groups in total. The number of aryl methyl sites for hydroxylation is 1. The number of carbonyl (C=O) groups is 1. The van der Waals surface area contributed by atoms with Crippen LogP contribution in [0.5, 0.6) is 0 Å². The van der Waals surface area contributed by atoms with E-state index in [1.165, 1.54) is 0 Å². The summed E-state index contributed by atoms with van der Waals surface area (Å²) in [6.07, 6.45) is 0.850.